The van der Waals surface area contributed by atoms with Crippen LogP contribution in [0.2, 0.25) is 0 Å². The normalized spacial score (nSPS) is 15.2. The molecule has 1 fully saturated rings. The largest absolute Gasteiger partial charge is 0.497 e. The number of quaternary nitrogens is 1. The zero-order chi connectivity index (χ0) is 19.1. The van der Waals surface area contributed by atoms with Crippen molar-refractivity contribution in [2.45, 2.75) is 18.9 Å². The van der Waals surface area contributed by atoms with Crippen LogP contribution < -0.4 is 25.0 Å². The molecule has 144 valence electrons. The number of hydrogen-bond donors (Lipinski definition) is 3. The Morgan fingerprint density at radius 1 is 0.963 bits per heavy atom. The Balaban J connectivity index is 1.61. The van der Waals surface area contributed by atoms with Gasteiger partial charge in [-0.2, -0.15) is 0 Å². The molecule has 0 unspecified atom stereocenters. The first-order chi connectivity index (χ1) is 13.2. The summed E-state index contributed by atoms with van der Waals surface area (Å²) in [5, 5.41) is 7.28. The maximum atomic E-state index is 5.50. The average molecular weight is 387 g/mol. The van der Waals surface area contributed by atoms with Crippen molar-refractivity contribution in [3.05, 3.63) is 54.1 Å². The minimum atomic E-state index is 0.369. The van der Waals surface area contributed by atoms with E-state index in [2.05, 4.69) is 22.8 Å². The standard InChI is InChI=1S/C21H27N3O2S/c1-25-18-9-5-16(6-10-18)20(24-13-3-4-14-24)15-22-21(27)23-17-7-11-19(26-2)12-8-17/h5-12,20H,3-4,13-15H2,1-2H3,(H2,22,23,27)/p+1/t20-/m1/s1. The first-order valence-electron chi connectivity index (χ1n) is 9.37. The van der Waals surface area contributed by atoms with Crippen LogP contribution in [0, 0.1) is 0 Å². The molecule has 0 saturated carbocycles. The molecule has 2 aromatic rings. The Labute approximate surface area is 166 Å². The first-order valence-corrected chi connectivity index (χ1v) is 9.78. The number of likely N-dealkylation sites (tertiary alicyclic amines) is 1. The Morgan fingerprint density at radius 3 is 2.07 bits per heavy atom. The van der Waals surface area contributed by atoms with Crippen LogP contribution in [0.1, 0.15) is 24.4 Å². The second kappa shape index (κ2) is 9.58. The van der Waals surface area contributed by atoms with E-state index >= 15 is 0 Å². The molecular weight excluding hydrogens is 358 g/mol. The van der Waals surface area contributed by atoms with Crippen LogP contribution in [0.3, 0.4) is 0 Å². The highest BCUT2D eigenvalue weighted by molar-refractivity contribution is 7.80. The molecule has 1 heterocycles. The van der Waals surface area contributed by atoms with Crippen molar-refractivity contribution in [2.24, 2.45) is 0 Å². The number of hydrogen-bond acceptors (Lipinski definition) is 3. The molecule has 6 heteroatoms. The second-order valence-corrected chi connectivity index (χ2v) is 7.16. The molecule has 3 N–H and O–H groups in total. The molecule has 2 aromatic carbocycles. The summed E-state index contributed by atoms with van der Waals surface area (Å²) in [6.45, 7) is 3.21. The summed E-state index contributed by atoms with van der Waals surface area (Å²) >= 11 is 5.50. The number of ether oxygens (including phenoxy) is 2. The maximum Gasteiger partial charge on any atom is 0.171 e. The van der Waals surface area contributed by atoms with Gasteiger partial charge in [-0.3, -0.25) is 0 Å². The van der Waals surface area contributed by atoms with Gasteiger partial charge in [0, 0.05) is 24.1 Å². The lowest BCUT2D eigenvalue weighted by atomic mass is 10.1. The first kappa shape index (κ1) is 19.5. The minimum absolute atomic E-state index is 0.369. The third-order valence-corrected chi connectivity index (χ3v) is 5.32. The molecule has 3 rings (SSSR count). The van der Waals surface area contributed by atoms with Gasteiger partial charge in [0.2, 0.25) is 0 Å². The summed E-state index contributed by atoms with van der Waals surface area (Å²) in [5.41, 5.74) is 2.26. The predicted molar refractivity (Wildman–Crippen MR) is 113 cm³/mol. The van der Waals surface area contributed by atoms with Gasteiger partial charge in [-0.25, -0.2) is 0 Å². The van der Waals surface area contributed by atoms with Gasteiger partial charge in [-0.1, -0.05) is 0 Å². The summed E-state index contributed by atoms with van der Waals surface area (Å²) in [6.07, 6.45) is 2.58. The number of thiocarbonyl (C=S) groups is 1. The molecule has 0 radical (unpaired) electrons. The van der Waals surface area contributed by atoms with Crippen molar-refractivity contribution in [3.63, 3.8) is 0 Å². The number of anilines is 1. The van der Waals surface area contributed by atoms with Crippen LogP contribution in [0.25, 0.3) is 0 Å². The molecule has 1 atom stereocenters. The van der Waals surface area contributed by atoms with Crippen LogP contribution in [0.4, 0.5) is 5.69 Å². The molecule has 0 aliphatic carbocycles. The summed E-state index contributed by atoms with van der Waals surface area (Å²) in [4.78, 5) is 1.61. The quantitative estimate of drug-likeness (QED) is 0.638. The topological polar surface area (TPSA) is 47.0 Å². The summed E-state index contributed by atoms with van der Waals surface area (Å²) in [5.74, 6) is 1.72. The van der Waals surface area contributed by atoms with Crippen molar-refractivity contribution in [1.29, 1.82) is 0 Å². The Kier molecular flexibility index (Phi) is 6.90. The summed E-state index contributed by atoms with van der Waals surface area (Å²) in [7, 11) is 3.36. The van der Waals surface area contributed by atoms with Gasteiger partial charge in [0.15, 0.2) is 5.11 Å². The van der Waals surface area contributed by atoms with E-state index in [1.807, 2.05) is 36.4 Å². The molecule has 0 aromatic heterocycles. The van der Waals surface area contributed by atoms with Crippen LogP contribution in [-0.2, 0) is 0 Å². The highest BCUT2D eigenvalue weighted by Crippen LogP contribution is 2.17. The van der Waals surface area contributed by atoms with Crippen molar-refractivity contribution in [3.8, 4) is 11.5 Å². The summed E-state index contributed by atoms with van der Waals surface area (Å²) < 4.78 is 10.5. The lowest BCUT2D eigenvalue weighted by Gasteiger charge is -2.26. The Morgan fingerprint density at radius 2 is 1.52 bits per heavy atom. The van der Waals surface area contributed by atoms with E-state index in [4.69, 9.17) is 21.7 Å². The van der Waals surface area contributed by atoms with Crippen molar-refractivity contribution < 1.29 is 14.4 Å². The van der Waals surface area contributed by atoms with Crippen molar-refractivity contribution >= 4 is 23.0 Å². The van der Waals surface area contributed by atoms with Gasteiger partial charge in [0.25, 0.3) is 0 Å². The minimum Gasteiger partial charge on any atom is -0.497 e. The van der Waals surface area contributed by atoms with Crippen LogP contribution in [0.5, 0.6) is 11.5 Å². The van der Waals surface area contributed by atoms with E-state index in [1.165, 1.54) is 31.5 Å². The third-order valence-electron chi connectivity index (χ3n) is 5.07. The van der Waals surface area contributed by atoms with Crippen molar-refractivity contribution in [1.82, 2.24) is 5.32 Å². The number of methoxy groups -OCH3 is 2. The van der Waals surface area contributed by atoms with Gasteiger partial charge >= 0.3 is 0 Å². The van der Waals surface area contributed by atoms with Crippen LogP contribution in [0.15, 0.2) is 48.5 Å². The lowest BCUT2D eigenvalue weighted by molar-refractivity contribution is -0.918. The zero-order valence-corrected chi connectivity index (χ0v) is 16.8. The molecule has 1 saturated heterocycles. The van der Waals surface area contributed by atoms with E-state index in [-0.39, 0.29) is 0 Å². The molecule has 1 aliphatic rings. The molecule has 5 nitrogen and oxygen atoms in total. The second-order valence-electron chi connectivity index (χ2n) is 6.75. The fourth-order valence-corrected chi connectivity index (χ4v) is 3.76. The smallest absolute Gasteiger partial charge is 0.171 e. The van der Waals surface area contributed by atoms with E-state index in [9.17, 15) is 0 Å². The molecule has 0 amide bonds. The number of nitrogens with one attached hydrogen (secondary N) is 3. The van der Waals surface area contributed by atoms with Crippen molar-refractivity contribution in [2.75, 3.05) is 39.2 Å². The van der Waals surface area contributed by atoms with Crippen LogP contribution >= 0.6 is 12.2 Å². The zero-order valence-electron chi connectivity index (χ0n) is 16.0. The maximum absolute atomic E-state index is 5.50. The monoisotopic (exact) mass is 386 g/mol. The molecule has 27 heavy (non-hydrogen) atoms. The van der Waals surface area contributed by atoms with Gasteiger partial charge in [-0.05, 0) is 60.7 Å². The van der Waals surface area contributed by atoms with Gasteiger partial charge in [0.05, 0.1) is 33.9 Å². The average Bonchev–Trinajstić information content (AvgIpc) is 3.24. The lowest BCUT2D eigenvalue weighted by Crippen LogP contribution is -3.11. The molecule has 0 bridgehead atoms. The highest BCUT2D eigenvalue weighted by Gasteiger charge is 2.27. The number of rotatable bonds is 7. The Hall–Kier alpha value is -2.31. The number of benzene rings is 2. The summed E-state index contributed by atoms with van der Waals surface area (Å²) in [6, 6.07) is 16.5. The van der Waals surface area contributed by atoms with Gasteiger partial charge < -0.3 is 25.0 Å². The van der Waals surface area contributed by atoms with E-state index in [0.29, 0.717) is 11.2 Å². The fourth-order valence-electron chi connectivity index (χ4n) is 3.56. The van der Waals surface area contributed by atoms with E-state index < -0.39 is 0 Å². The Bertz CT molecular complexity index is 728. The SMILES string of the molecule is COc1ccc(NC(=S)NC[C@H](c2ccc(OC)cc2)[NH+]2CCCC2)cc1. The van der Waals surface area contributed by atoms with E-state index in [0.717, 1.165) is 23.7 Å². The van der Waals surface area contributed by atoms with Gasteiger partial charge in [0.1, 0.15) is 17.5 Å². The third kappa shape index (κ3) is 5.34. The fraction of sp³-hybridized carbons (Fsp3) is 0.381. The molecule has 1 aliphatic heterocycles. The van der Waals surface area contributed by atoms with E-state index in [1.54, 1.807) is 19.1 Å². The van der Waals surface area contributed by atoms with Gasteiger partial charge in [-0.15, -0.1) is 0 Å². The predicted octanol–water partition coefficient (Wildman–Crippen LogP) is 2.41. The molecular formula is C21H28N3O2S+. The highest BCUT2D eigenvalue weighted by atomic mass is 32.1. The van der Waals surface area contributed by atoms with Crippen LogP contribution in [-0.4, -0.2) is 39.0 Å². The molecule has 0 spiro atoms.